The zero-order valence-corrected chi connectivity index (χ0v) is 87.7. The molecule has 6 bridgehead atoms. The van der Waals surface area contributed by atoms with E-state index in [1.807, 2.05) is 67.5 Å². The fraction of sp³-hybridized carbons (Fsp3) is 0.645. The van der Waals surface area contributed by atoms with Crippen LogP contribution in [0.5, 0.6) is 5.75 Å². The molecule has 8 aliphatic carbocycles. The van der Waals surface area contributed by atoms with Gasteiger partial charge in [-0.05, 0) is 305 Å². The molecule has 2 N–H and O–H groups in total. The molecule has 0 amide bonds. The molecule has 23 nitrogen and oxygen atoms in total. The molecule has 792 valence electrons. The second-order valence-corrected chi connectivity index (χ2v) is 46.9. The molecule has 9 fully saturated rings. The number of ether oxygens (including phenoxy) is 7. The van der Waals surface area contributed by atoms with Gasteiger partial charge >= 0.3 is 74.5 Å². The van der Waals surface area contributed by atoms with Gasteiger partial charge in [0.1, 0.15) is 41.4 Å². The van der Waals surface area contributed by atoms with E-state index >= 15 is 0 Å². The van der Waals surface area contributed by atoms with Crippen molar-refractivity contribution in [3.63, 3.8) is 0 Å². The number of carbonyl (C=O) groups is 7. The van der Waals surface area contributed by atoms with Gasteiger partial charge in [0.2, 0.25) is 0 Å². The Bertz CT molecular complexity index is 5130. The quantitative estimate of drug-likeness (QED) is 0.0101. The lowest BCUT2D eigenvalue weighted by molar-refractivity contribution is -0.247. The van der Waals surface area contributed by atoms with Crippen LogP contribution in [-0.4, -0.2) is 150 Å². The van der Waals surface area contributed by atoms with Gasteiger partial charge in [0.15, 0.2) is 42.9 Å². The molecule has 1 aliphatic heterocycles. The lowest BCUT2D eigenvalue weighted by Gasteiger charge is -2.58. The maximum atomic E-state index is 13.6. The summed E-state index contributed by atoms with van der Waals surface area (Å²) in [4.78, 5) is 88.1. The first kappa shape index (κ1) is 120. The third-order valence-corrected chi connectivity index (χ3v) is 34.3. The smallest absolute Gasteiger partial charge is 0.450 e. The van der Waals surface area contributed by atoms with Gasteiger partial charge < -0.3 is 52.1 Å². The zero-order valence-electron chi connectivity index (χ0n) is 85.2. The molecule has 5 aromatic carbocycles. The molecule has 11 atom stereocenters. The molecule has 35 heteroatoms. The lowest BCUT2D eigenvalue weighted by atomic mass is 9.53. The van der Waals surface area contributed by atoms with Crippen LogP contribution in [0.2, 0.25) is 0 Å². The number of nitrogens with zero attached hydrogens (tertiary/aromatic N) is 1. The molecule has 14 rings (SSSR count). The van der Waals surface area contributed by atoms with E-state index in [4.69, 9.17) is 33.5 Å². The van der Waals surface area contributed by atoms with E-state index in [1.54, 1.807) is 41.5 Å². The van der Waals surface area contributed by atoms with Crippen molar-refractivity contribution >= 4 is 72.9 Å². The highest BCUT2D eigenvalue weighted by Gasteiger charge is 2.81. The molecule has 0 aromatic heterocycles. The third-order valence-electron chi connectivity index (χ3n) is 29.9. The summed E-state index contributed by atoms with van der Waals surface area (Å²) < 4.78 is 210. The number of nitriles is 1. The number of halogens is 9. The Balaban J connectivity index is 0.000000227. The molecule has 8 saturated carbocycles. The number of aliphatic hydroxyl groups is 2. The zero-order chi connectivity index (χ0) is 107. The van der Waals surface area contributed by atoms with Gasteiger partial charge in [0.25, 0.3) is 0 Å². The van der Waals surface area contributed by atoms with Crippen molar-refractivity contribution in [3.05, 3.63) is 156 Å². The van der Waals surface area contributed by atoms with Crippen LogP contribution in [0.4, 0.5) is 39.5 Å². The molecule has 142 heavy (non-hydrogen) atoms. The van der Waals surface area contributed by atoms with E-state index in [2.05, 4.69) is 153 Å². The van der Waals surface area contributed by atoms with Crippen molar-refractivity contribution in [2.24, 2.45) is 62.6 Å². The predicted octanol–water partition coefficient (Wildman–Crippen LogP) is 24.0. The van der Waals surface area contributed by atoms with Crippen molar-refractivity contribution in [1.82, 2.24) is 0 Å². The van der Waals surface area contributed by atoms with Gasteiger partial charge in [-0.1, -0.05) is 167 Å². The summed E-state index contributed by atoms with van der Waals surface area (Å²) in [6, 6.07) is 46.3. The van der Waals surface area contributed by atoms with E-state index in [0.717, 1.165) is 76.3 Å². The van der Waals surface area contributed by atoms with Gasteiger partial charge in [-0.15, -0.1) is 0 Å². The number of aliphatic hydroxyl groups excluding tert-OH is 2. The van der Waals surface area contributed by atoms with E-state index in [1.165, 1.54) is 90.2 Å². The van der Waals surface area contributed by atoms with Crippen LogP contribution in [-0.2, 0) is 93.1 Å². The van der Waals surface area contributed by atoms with Crippen LogP contribution in [0, 0.1) is 73.9 Å². The number of hydrogen-bond donors (Lipinski definition) is 2. The molecule has 0 radical (unpaired) electrons. The number of rotatable bonds is 32. The topological polar surface area (TPSA) is 349 Å². The number of carbonyl (C=O) groups excluding carboxylic acids is 7. The molecule has 1 heterocycles. The standard InChI is InChI=1S/C20H30O2.C18H15S.C17H21NO6.C16H26O3.C14H26O2.C13H14F6O6S2.C9H15F3O3/c1-5-15(2)16-11-13-17(14-12-16)19(21)22-20(3,4)18-9-7-6-8-10-18;1-4-10-16(11-5-1)19(17-12-6-2-7-13-17)18-14-8-3-9-15-18;1-4-16(2,3)14(20)22-7-11(19)23-12-9-5-10-13(12)24-15(21)17(10,6-9)8-18;1-4-15(2,3)14(18)19-16-8-10-5-11(9-16)7-12(6-10)13(16)17;1-5-13(3,4)12(15)16-14(6-2)10-8-7-9-11-14;1-3-8(2)9-4-6-10(7-5-9)25-27(23,24)13(18,19)11(14,15)12(16,17)26(20,21)22;1-4-8(2,3)7(14)15-5-6(13)9(10,11)12/h11-15,18H,5-10H2,1-4H3;1-15H;9-10,12-13H,4-7H2,1-3H3;10-13,17H,4-9H2,1-3H3;5-11H2,1-4H3;4-8H,3H2,1-2H3,(H,20,21,22);6,13H,4-5H2,1-3H3/q;+1;;;;;/p-1. The minimum Gasteiger partial charge on any atom is -0.743 e. The Morgan fingerprint density at radius 1 is 0.549 bits per heavy atom. The first-order valence-corrected chi connectivity index (χ1v) is 53.4. The van der Waals surface area contributed by atoms with E-state index < -0.39 is 137 Å². The summed E-state index contributed by atoms with van der Waals surface area (Å²) in [7, 11) is -14.2. The van der Waals surface area contributed by atoms with Gasteiger partial charge in [-0.2, -0.15) is 53.2 Å². The molecule has 9 aliphatic rings. The van der Waals surface area contributed by atoms with Crippen molar-refractivity contribution < 1.29 is 142 Å². The SMILES string of the molecule is CCC(C)(C)C(=O)OC12CC3CC(CC(C3)C1O)C2.CCC(C)(C)C(=O)OCC(=O)OC1C2CC3C1OC(=O)C3(C#N)C2.CCC(C)(C)C(=O)OCC(O)C(F)(F)F.CCC(C)c1ccc(C(=O)OC(C)(C)C2CCCCC2)cc1.CCC(C)c1ccc(OS(=O)(=O)C(F)(F)C(F)(F)C(F)(F)S(=O)(=O)[O-])cc1.CCC1(OC(=O)C(C)(C)CC)CCCCC1.c1ccc([S+](c2ccccc2)c2ccccc2)cc1. The monoisotopic (exact) mass is 2060 g/mol. The molecular formula is C107H146F9NO22S3. The average Bonchev–Trinajstić information content (AvgIpc) is 1.45. The number of alkyl halides is 9. The number of fused-ring (bicyclic) bond motifs is 1. The van der Waals surface area contributed by atoms with E-state index in [-0.39, 0.29) is 63.2 Å². The molecule has 11 unspecified atom stereocenters. The van der Waals surface area contributed by atoms with E-state index in [9.17, 15) is 105 Å². The highest BCUT2D eigenvalue weighted by molar-refractivity contribution is 7.97. The Morgan fingerprint density at radius 2 is 0.979 bits per heavy atom. The van der Waals surface area contributed by atoms with Crippen molar-refractivity contribution in [2.45, 2.75) is 376 Å². The van der Waals surface area contributed by atoms with Crippen molar-refractivity contribution in [3.8, 4) is 11.8 Å². The van der Waals surface area contributed by atoms with Crippen LogP contribution >= 0.6 is 0 Å². The van der Waals surface area contributed by atoms with Crippen LogP contribution in [0.15, 0.2) is 154 Å². The number of hydrogen-bond acceptors (Lipinski definition) is 23. The van der Waals surface area contributed by atoms with Crippen molar-refractivity contribution in [2.75, 3.05) is 13.2 Å². The lowest BCUT2D eigenvalue weighted by Crippen LogP contribution is -2.62. The minimum atomic E-state index is -7.33. The highest BCUT2D eigenvalue weighted by Crippen LogP contribution is 2.63. The van der Waals surface area contributed by atoms with Gasteiger partial charge in [0.05, 0.1) is 50.3 Å². The Kier molecular flexibility index (Phi) is 41.9. The number of esters is 7. The normalized spacial score (nSPS) is 23.1. The first-order chi connectivity index (χ1) is 66.0. The largest absolute Gasteiger partial charge is 0.743 e. The summed E-state index contributed by atoms with van der Waals surface area (Å²) in [5.41, 5.74) is -1.83. The van der Waals surface area contributed by atoms with Crippen LogP contribution < -0.4 is 4.18 Å². The average molecular weight is 2070 g/mol. The Morgan fingerprint density at radius 3 is 1.40 bits per heavy atom. The van der Waals surface area contributed by atoms with Crippen LogP contribution in [0.1, 0.15) is 319 Å². The Hall–Kier alpha value is -8.82. The van der Waals surface area contributed by atoms with Crippen LogP contribution in [0.3, 0.4) is 0 Å². The fourth-order valence-electron chi connectivity index (χ4n) is 18.5. The predicted molar refractivity (Wildman–Crippen MR) is 517 cm³/mol. The maximum Gasteiger partial charge on any atom is 0.450 e. The molecular weight excluding hydrogens is 1920 g/mol. The summed E-state index contributed by atoms with van der Waals surface area (Å²) in [5.74, 6) is -8.27. The van der Waals surface area contributed by atoms with Crippen LogP contribution in [0.25, 0.3) is 0 Å². The summed E-state index contributed by atoms with van der Waals surface area (Å²) in [6.07, 6.45) is 14.8. The summed E-state index contributed by atoms with van der Waals surface area (Å²) in [6.45, 7) is 34.8. The molecule has 5 aromatic rings. The molecule has 1 saturated heterocycles. The summed E-state index contributed by atoms with van der Waals surface area (Å²) >= 11 is 0. The fourth-order valence-corrected chi connectivity index (χ4v) is 22.0. The van der Waals surface area contributed by atoms with Gasteiger partial charge in [-0.25, -0.2) is 18.0 Å². The van der Waals surface area contributed by atoms with Crippen molar-refractivity contribution in [1.29, 1.82) is 5.26 Å². The summed E-state index contributed by atoms with van der Waals surface area (Å²) in [5, 5.41) is 14.8. The Labute approximate surface area is 835 Å². The van der Waals surface area contributed by atoms with Gasteiger partial charge in [-0.3, -0.25) is 24.0 Å². The second-order valence-electron chi connectivity index (χ2n) is 41.9. The number of benzene rings is 5. The third kappa shape index (κ3) is 29.6. The maximum absolute atomic E-state index is 13.6. The second kappa shape index (κ2) is 49.6. The van der Waals surface area contributed by atoms with E-state index in [0.29, 0.717) is 72.8 Å². The minimum absolute atomic E-state index is 0.0146. The first-order valence-electron chi connectivity index (χ1n) is 49.4. The van der Waals surface area contributed by atoms with Gasteiger partial charge in [0, 0.05) is 11.8 Å². The molecule has 0 spiro atoms. The highest BCUT2D eigenvalue weighted by atomic mass is 32.2.